The molecule has 0 saturated carbocycles. The normalized spacial score (nSPS) is 12.2. The van der Waals surface area contributed by atoms with Gasteiger partial charge in [-0.1, -0.05) is 20.3 Å². The monoisotopic (exact) mass is 251 g/mol. The van der Waals surface area contributed by atoms with Gasteiger partial charge in [0.05, 0.1) is 6.61 Å². The van der Waals surface area contributed by atoms with Gasteiger partial charge in [0.2, 0.25) is 0 Å². The Hall–Kier alpha value is -1.22. The minimum atomic E-state index is 0.437. The molecule has 0 aliphatic heterocycles. The van der Waals surface area contributed by atoms with E-state index in [4.69, 9.17) is 9.47 Å². The number of ether oxygens (including phenoxy) is 2. The molecule has 0 aliphatic carbocycles. The highest BCUT2D eigenvalue weighted by Crippen LogP contribution is 2.17. The fourth-order valence-electron chi connectivity index (χ4n) is 1.88. The predicted molar refractivity (Wildman–Crippen MR) is 75.5 cm³/mol. The third-order valence-corrected chi connectivity index (χ3v) is 2.72. The van der Waals surface area contributed by atoms with Gasteiger partial charge in [-0.15, -0.1) is 0 Å². The fourth-order valence-corrected chi connectivity index (χ4v) is 1.88. The second kappa shape index (κ2) is 8.81. The Morgan fingerprint density at radius 1 is 1.00 bits per heavy atom. The highest BCUT2D eigenvalue weighted by atomic mass is 16.5. The first kappa shape index (κ1) is 14.8. The summed E-state index contributed by atoms with van der Waals surface area (Å²) in [6, 6.07) is 8.24. The third-order valence-electron chi connectivity index (χ3n) is 2.72. The molecule has 1 aromatic carbocycles. The molecule has 0 aromatic heterocycles. The third kappa shape index (κ3) is 5.41. The number of hydrogen-bond donors (Lipinski definition) is 1. The molecule has 0 spiro atoms. The van der Waals surface area contributed by atoms with Crippen molar-refractivity contribution < 1.29 is 9.47 Å². The molecule has 0 amide bonds. The SMILES string of the molecule is CCCC(COc1ccc(OCC)cc1)NCC. The van der Waals surface area contributed by atoms with Gasteiger partial charge in [0.1, 0.15) is 18.1 Å². The Morgan fingerprint density at radius 2 is 1.61 bits per heavy atom. The van der Waals surface area contributed by atoms with Crippen molar-refractivity contribution in [2.45, 2.75) is 39.7 Å². The lowest BCUT2D eigenvalue weighted by Gasteiger charge is -2.17. The smallest absolute Gasteiger partial charge is 0.119 e. The predicted octanol–water partition coefficient (Wildman–Crippen LogP) is 3.24. The summed E-state index contributed by atoms with van der Waals surface area (Å²) in [5, 5.41) is 3.44. The summed E-state index contributed by atoms with van der Waals surface area (Å²) in [6.07, 6.45) is 2.31. The topological polar surface area (TPSA) is 30.5 Å². The molecule has 0 bridgehead atoms. The summed E-state index contributed by atoms with van der Waals surface area (Å²) >= 11 is 0. The van der Waals surface area contributed by atoms with Gasteiger partial charge in [0.25, 0.3) is 0 Å². The van der Waals surface area contributed by atoms with Crippen LogP contribution in [-0.2, 0) is 0 Å². The van der Waals surface area contributed by atoms with Crippen LogP contribution in [0.3, 0.4) is 0 Å². The van der Waals surface area contributed by atoms with Crippen LogP contribution >= 0.6 is 0 Å². The first-order chi connectivity index (χ1) is 8.80. The maximum absolute atomic E-state index is 5.79. The number of hydrogen-bond acceptors (Lipinski definition) is 3. The van der Waals surface area contributed by atoms with E-state index in [1.165, 1.54) is 6.42 Å². The van der Waals surface area contributed by atoms with E-state index in [0.29, 0.717) is 12.6 Å². The average molecular weight is 251 g/mol. The molecule has 1 aromatic rings. The van der Waals surface area contributed by atoms with Crippen LogP contribution in [0.5, 0.6) is 11.5 Å². The number of rotatable bonds is 9. The molecule has 1 rings (SSSR count). The van der Waals surface area contributed by atoms with Gasteiger partial charge < -0.3 is 14.8 Å². The van der Waals surface area contributed by atoms with E-state index in [0.717, 1.165) is 31.1 Å². The molecule has 1 N–H and O–H groups in total. The zero-order valence-electron chi connectivity index (χ0n) is 11.7. The van der Waals surface area contributed by atoms with Crippen molar-refractivity contribution in [3.05, 3.63) is 24.3 Å². The summed E-state index contributed by atoms with van der Waals surface area (Å²) in [6.45, 7) is 8.70. The van der Waals surface area contributed by atoms with Gasteiger partial charge in [-0.25, -0.2) is 0 Å². The lowest BCUT2D eigenvalue weighted by molar-refractivity contribution is 0.257. The van der Waals surface area contributed by atoms with Crippen LogP contribution in [0.4, 0.5) is 0 Å². The maximum Gasteiger partial charge on any atom is 0.119 e. The highest BCUT2D eigenvalue weighted by Gasteiger charge is 2.06. The number of likely N-dealkylation sites (N-methyl/N-ethyl adjacent to an activating group) is 1. The van der Waals surface area contributed by atoms with Crippen LogP contribution in [0.1, 0.15) is 33.6 Å². The molecular formula is C15H25NO2. The zero-order valence-corrected chi connectivity index (χ0v) is 11.7. The summed E-state index contributed by atoms with van der Waals surface area (Å²) in [7, 11) is 0. The second-order valence-electron chi connectivity index (χ2n) is 4.26. The lowest BCUT2D eigenvalue weighted by Crippen LogP contribution is -2.34. The van der Waals surface area contributed by atoms with E-state index >= 15 is 0 Å². The quantitative estimate of drug-likeness (QED) is 0.731. The minimum Gasteiger partial charge on any atom is -0.494 e. The Balaban J connectivity index is 2.41. The van der Waals surface area contributed by atoms with Gasteiger partial charge in [-0.3, -0.25) is 0 Å². The molecule has 3 nitrogen and oxygen atoms in total. The molecule has 1 unspecified atom stereocenters. The number of benzene rings is 1. The summed E-state index contributed by atoms with van der Waals surface area (Å²) in [4.78, 5) is 0. The summed E-state index contributed by atoms with van der Waals surface area (Å²) in [5.74, 6) is 1.79. The molecule has 0 radical (unpaired) electrons. The van der Waals surface area contributed by atoms with Crippen molar-refractivity contribution in [2.75, 3.05) is 19.8 Å². The van der Waals surface area contributed by atoms with E-state index in [9.17, 15) is 0 Å². The van der Waals surface area contributed by atoms with Crippen LogP contribution in [0, 0.1) is 0 Å². The van der Waals surface area contributed by atoms with E-state index in [1.807, 2.05) is 31.2 Å². The Bertz CT molecular complexity index is 305. The first-order valence-corrected chi connectivity index (χ1v) is 6.89. The van der Waals surface area contributed by atoms with E-state index in [-0.39, 0.29) is 0 Å². The van der Waals surface area contributed by atoms with Crippen molar-refractivity contribution in [1.29, 1.82) is 0 Å². The molecule has 3 heteroatoms. The Kier molecular flexibility index (Phi) is 7.26. The molecule has 0 aliphatic rings. The van der Waals surface area contributed by atoms with E-state index < -0.39 is 0 Å². The minimum absolute atomic E-state index is 0.437. The van der Waals surface area contributed by atoms with Gasteiger partial charge in [-0.05, 0) is 44.2 Å². The standard InChI is InChI=1S/C15H25NO2/c1-4-7-13(16-5-2)12-18-15-10-8-14(9-11-15)17-6-3/h8-11,13,16H,4-7,12H2,1-3H3. The fraction of sp³-hybridized carbons (Fsp3) is 0.600. The van der Waals surface area contributed by atoms with Crippen LogP contribution in [-0.4, -0.2) is 25.8 Å². The highest BCUT2D eigenvalue weighted by molar-refractivity contribution is 5.31. The molecule has 0 fully saturated rings. The van der Waals surface area contributed by atoms with Crippen molar-refractivity contribution >= 4 is 0 Å². The van der Waals surface area contributed by atoms with E-state index in [1.54, 1.807) is 0 Å². The van der Waals surface area contributed by atoms with Crippen molar-refractivity contribution in [3.63, 3.8) is 0 Å². The van der Waals surface area contributed by atoms with Crippen LogP contribution in [0.15, 0.2) is 24.3 Å². The van der Waals surface area contributed by atoms with Gasteiger partial charge in [0.15, 0.2) is 0 Å². The number of nitrogens with one attached hydrogen (secondary N) is 1. The van der Waals surface area contributed by atoms with Crippen LogP contribution in [0.2, 0.25) is 0 Å². The van der Waals surface area contributed by atoms with Gasteiger partial charge in [-0.2, -0.15) is 0 Å². The molecule has 0 saturated heterocycles. The first-order valence-electron chi connectivity index (χ1n) is 6.89. The Labute approximate surface area is 110 Å². The maximum atomic E-state index is 5.79. The van der Waals surface area contributed by atoms with Crippen molar-refractivity contribution in [2.24, 2.45) is 0 Å². The second-order valence-corrected chi connectivity index (χ2v) is 4.26. The van der Waals surface area contributed by atoms with Gasteiger partial charge in [0, 0.05) is 6.04 Å². The molecule has 1 atom stereocenters. The van der Waals surface area contributed by atoms with Crippen molar-refractivity contribution in [1.82, 2.24) is 5.32 Å². The summed E-state index contributed by atoms with van der Waals surface area (Å²) in [5.41, 5.74) is 0. The average Bonchev–Trinajstić information content (AvgIpc) is 2.38. The largest absolute Gasteiger partial charge is 0.494 e. The van der Waals surface area contributed by atoms with Crippen LogP contribution < -0.4 is 14.8 Å². The van der Waals surface area contributed by atoms with E-state index in [2.05, 4.69) is 19.2 Å². The Morgan fingerprint density at radius 3 is 2.11 bits per heavy atom. The molecule has 102 valence electrons. The molecular weight excluding hydrogens is 226 g/mol. The van der Waals surface area contributed by atoms with Gasteiger partial charge >= 0.3 is 0 Å². The molecule has 18 heavy (non-hydrogen) atoms. The van der Waals surface area contributed by atoms with Crippen LogP contribution in [0.25, 0.3) is 0 Å². The lowest BCUT2D eigenvalue weighted by atomic mass is 10.2. The zero-order chi connectivity index (χ0) is 13.2. The summed E-state index contributed by atoms with van der Waals surface area (Å²) < 4.78 is 11.2. The van der Waals surface area contributed by atoms with Crippen molar-refractivity contribution in [3.8, 4) is 11.5 Å². The molecule has 0 heterocycles.